The maximum absolute atomic E-state index is 13.0. The molecular formula is C31H35NO6. The Balaban J connectivity index is 1.37. The Labute approximate surface area is 223 Å². The van der Waals surface area contributed by atoms with Gasteiger partial charge in [0.05, 0.1) is 27.9 Å². The minimum Gasteiger partial charge on any atom is -0.494 e. The molecule has 0 N–H and O–H groups in total. The highest BCUT2D eigenvalue weighted by molar-refractivity contribution is 5.90. The molecule has 1 heterocycles. The monoisotopic (exact) mass is 517 g/mol. The summed E-state index contributed by atoms with van der Waals surface area (Å²) >= 11 is 0. The molecule has 4 aromatic rings. The number of rotatable bonds is 13. The third-order valence-electron chi connectivity index (χ3n) is 6.49. The number of hydrogen-bond acceptors (Lipinski definition) is 7. The van der Waals surface area contributed by atoms with Crippen molar-refractivity contribution in [1.82, 2.24) is 4.90 Å². The Morgan fingerprint density at radius 1 is 0.842 bits per heavy atom. The summed E-state index contributed by atoms with van der Waals surface area (Å²) in [6.45, 7) is 5.88. The van der Waals surface area contributed by atoms with Gasteiger partial charge in [0.2, 0.25) is 5.75 Å². The highest BCUT2D eigenvalue weighted by Crippen LogP contribution is 2.42. The molecule has 0 fully saturated rings. The third kappa shape index (κ3) is 6.29. The number of ether oxygens (including phenoxy) is 4. The van der Waals surface area contributed by atoms with Crippen molar-refractivity contribution in [3.05, 3.63) is 82.5 Å². The molecule has 1 aromatic heterocycles. The number of hydrogen-bond donors (Lipinski definition) is 0. The van der Waals surface area contributed by atoms with E-state index in [-0.39, 0.29) is 11.2 Å². The first kappa shape index (κ1) is 27.1. The Hall–Kier alpha value is -3.97. The van der Waals surface area contributed by atoms with Crippen LogP contribution in [0.15, 0.2) is 75.9 Å². The molecule has 0 aliphatic rings. The molecule has 200 valence electrons. The average molecular weight is 518 g/mol. The van der Waals surface area contributed by atoms with E-state index in [9.17, 15) is 4.79 Å². The minimum absolute atomic E-state index is 0.229. The van der Waals surface area contributed by atoms with Crippen molar-refractivity contribution < 1.29 is 23.4 Å². The van der Waals surface area contributed by atoms with Gasteiger partial charge in [0.15, 0.2) is 16.9 Å². The standard InChI is InChI=1S/C31H35NO6/c1-5-32(21-22-11-7-6-8-12-22)17-9-10-18-37-24-15-13-23(14-16-24)26-19-25(33)29-27(38-26)20-28(34-2)30(35-3)31(29)36-4/h6-8,11-16,19-20H,5,9-10,17-18,21H2,1-4H3. The van der Waals surface area contributed by atoms with Crippen molar-refractivity contribution in [1.29, 1.82) is 0 Å². The summed E-state index contributed by atoms with van der Waals surface area (Å²) in [6.07, 6.45) is 2.04. The van der Waals surface area contributed by atoms with Crippen molar-refractivity contribution >= 4 is 11.0 Å². The second-order valence-electron chi connectivity index (χ2n) is 8.93. The van der Waals surface area contributed by atoms with Crippen LogP contribution in [0.3, 0.4) is 0 Å². The molecule has 0 radical (unpaired) electrons. The van der Waals surface area contributed by atoms with E-state index in [0.717, 1.165) is 43.8 Å². The summed E-state index contributed by atoms with van der Waals surface area (Å²) in [5.41, 5.74) is 2.24. The second-order valence-corrected chi connectivity index (χ2v) is 8.93. The molecule has 0 amide bonds. The molecular weight excluding hydrogens is 482 g/mol. The maximum Gasteiger partial charge on any atom is 0.204 e. The van der Waals surface area contributed by atoms with Crippen LogP contribution in [0.1, 0.15) is 25.3 Å². The molecule has 7 nitrogen and oxygen atoms in total. The van der Waals surface area contributed by atoms with Crippen molar-refractivity contribution in [3.63, 3.8) is 0 Å². The van der Waals surface area contributed by atoms with Crippen molar-refractivity contribution in [2.24, 2.45) is 0 Å². The smallest absolute Gasteiger partial charge is 0.204 e. The van der Waals surface area contributed by atoms with Gasteiger partial charge in [-0.05, 0) is 55.8 Å². The van der Waals surface area contributed by atoms with E-state index < -0.39 is 0 Å². The van der Waals surface area contributed by atoms with Crippen LogP contribution in [0.25, 0.3) is 22.3 Å². The van der Waals surface area contributed by atoms with Crippen LogP contribution in [-0.2, 0) is 6.54 Å². The zero-order chi connectivity index (χ0) is 26.9. The van der Waals surface area contributed by atoms with Crippen LogP contribution >= 0.6 is 0 Å². The van der Waals surface area contributed by atoms with Gasteiger partial charge in [0, 0.05) is 24.2 Å². The zero-order valence-corrected chi connectivity index (χ0v) is 22.5. The van der Waals surface area contributed by atoms with Crippen LogP contribution in [0, 0.1) is 0 Å². The van der Waals surface area contributed by atoms with E-state index in [1.807, 2.05) is 30.3 Å². The molecule has 4 rings (SSSR count). The lowest BCUT2D eigenvalue weighted by molar-refractivity contribution is 0.252. The van der Waals surface area contributed by atoms with Gasteiger partial charge in [0.1, 0.15) is 22.5 Å². The van der Waals surface area contributed by atoms with Gasteiger partial charge in [0.25, 0.3) is 0 Å². The number of methoxy groups -OCH3 is 3. The summed E-state index contributed by atoms with van der Waals surface area (Å²) in [5.74, 6) is 2.28. The minimum atomic E-state index is -0.229. The summed E-state index contributed by atoms with van der Waals surface area (Å²) in [4.78, 5) is 15.4. The first-order chi connectivity index (χ1) is 18.6. The molecule has 0 spiro atoms. The summed E-state index contributed by atoms with van der Waals surface area (Å²) in [5, 5.41) is 0.305. The van der Waals surface area contributed by atoms with Gasteiger partial charge >= 0.3 is 0 Å². The Kier molecular flexibility index (Phi) is 9.27. The Morgan fingerprint density at radius 2 is 1.58 bits per heavy atom. The average Bonchev–Trinajstić information content (AvgIpc) is 2.95. The van der Waals surface area contributed by atoms with E-state index >= 15 is 0 Å². The molecule has 0 saturated heterocycles. The fourth-order valence-electron chi connectivity index (χ4n) is 4.46. The van der Waals surface area contributed by atoms with Gasteiger partial charge in [-0.2, -0.15) is 0 Å². The van der Waals surface area contributed by atoms with Gasteiger partial charge in [-0.3, -0.25) is 9.69 Å². The van der Waals surface area contributed by atoms with Gasteiger partial charge < -0.3 is 23.4 Å². The van der Waals surface area contributed by atoms with Crippen molar-refractivity contribution in [2.75, 3.05) is 41.0 Å². The molecule has 3 aromatic carbocycles. The van der Waals surface area contributed by atoms with Crippen molar-refractivity contribution in [3.8, 4) is 34.3 Å². The van der Waals surface area contributed by atoms with Crippen LogP contribution in [-0.4, -0.2) is 45.9 Å². The highest BCUT2D eigenvalue weighted by atomic mass is 16.5. The van der Waals surface area contributed by atoms with Gasteiger partial charge in [-0.25, -0.2) is 0 Å². The first-order valence-electron chi connectivity index (χ1n) is 12.8. The molecule has 0 atom stereocenters. The first-order valence-corrected chi connectivity index (χ1v) is 12.8. The van der Waals surface area contributed by atoms with Gasteiger partial charge in [-0.1, -0.05) is 37.3 Å². The van der Waals surface area contributed by atoms with Crippen LogP contribution in [0.4, 0.5) is 0 Å². The molecule has 0 saturated carbocycles. The topological polar surface area (TPSA) is 70.4 Å². The van der Waals surface area contributed by atoms with Crippen LogP contribution < -0.4 is 24.4 Å². The quantitative estimate of drug-likeness (QED) is 0.197. The number of benzene rings is 3. The van der Waals surface area contributed by atoms with Crippen LogP contribution in [0.5, 0.6) is 23.0 Å². The lowest BCUT2D eigenvalue weighted by Gasteiger charge is -2.20. The number of fused-ring (bicyclic) bond motifs is 1. The zero-order valence-electron chi connectivity index (χ0n) is 22.5. The Bertz CT molecular complexity index is 1380. The molecule has 0 aliphatic carbocycles. The summed E-state index contributed by atoms with van der Waals surface area (Å²) in [7, 11) is 4.50. The molecule has 0 aliphatic heterocycles. The molecule has 0 unspecified atom stereocenters. The summed E-state index contributed by atoms with van der Waals surface area (Å²) < 4.78 is 28.3. The van der Waals surface area contributed by atoms with E-state index in [0.29, 0.717) is 34.8 Å². The Morgan fingerprint density at radius 3 is 2.24 bits per heavy atom. The van der Waals surface area contributed by atoms with E-state index in [2.05, 4.69) is 36.1 Å². The molecule has 0 bridgehead atoms. The second kappa shape index (κ2) is 13.0. The largest absolute Gasteiger partial charge is 0.494 e. The van der Waals surface area contributed by atoms with Gasteiger partial charge in [-0.15, -0.1) is 0 Å². The number of nitrogens with zero attached hydrogens (tertiary/aromatic N) is 1. The fraction of sp³-hybridized carbons (Fsp3) is 0.323. The summed E-state index contributed by atoms with van der Waals surface area (Å²) in [6, 6.07) is 21.2. The van der Waals surface area contributed by atoms with E-state index in [1.165, 1.54) is 33.0 Å². The van der Waals surface area contributed by atoms with E-state index in [1.54, 1.807) is 6.07 Å². The predicted molar refractivity (Wildman–Crippen MR) is 150 cm³/mol. The van der Waals surface area contributed by atoms with E-state index in [4.69, 9.17) is 23.4 Å². The van der Waals surface area contributed by atoms with Crippen LogP contribution in [0.2, 0.25) is 0 Å². The lowest BCUT2D eigenvalue weighted by atomic mass is 10.1. The van der Waals surface area contributed by atoms with Crippen molar-refractivity contribution in [2.45, 2.75) is 26.3 Å². The lowest BCUT2D eigenvalue weighted by Crippen LogP contribution is -2.24. The highest BCUT2D eigenvalue weighted by Gasteiger charge is 2.20. The maximum atomic E-state index is 13.0. The fourth-order valence-corrected chi connectivity index (χ4v) is 4.46. The third-order valence-corrected chi connectivity index (χ3v) is 6.49. The normalized spacial score (nSPS) is 11.1. The molecule has 7 heteroatoms. The predicted octanol–water partition coefficient (Wildman–Crippen LogP) is 6.17. The SMILES string of the molecule is CCN(CCCCOc1ccc(-c2cc(=O)c3c(OC)c(OC)c(OC)cc3o2)cc1)Cc1ccccc1. The molecule has 38 heavy (non-hydrogen) atoms. The number of unbranched alkanes of at least 4 members (excludes halogenated alkanes) is 1.